The van der Waals surface area contributed by atoms with Crippen molar-refractivity contribution in [2.24, 2.45) is 0 Å². The van der Waals surface area contributed by atoms with Gasteiger partial charge in [0.15, 0.2) is 5.43 Å². The van der Waals surface area contributed by atoms with Gasteiger partial charge >= 0.3 is 7.12 Å². The Bertz CT molecular complexity index is 1870. The van der Waals surface area contributed by atoms with Crippen LogP contribution in [0, 0.1) is 19.7 Å². The summed E-state index contributed by atoms with van der Waals surface area (Å²) in [6.07, 6.45) is 2.60. The van der Waals surface area contributed by atoms with Gasteiger partial charge in [0, 0.05) is 33.6 Å². The largest absolute Gasteiger partial charge is 0.498 e. The predicted molar refractivity (Wildman–Crippen MR) is 172 cm³/mol. The van der Waals surface area contributed by atoms with Gasteiger partial charge < -0.3 is 19.0 Å². The van der Waals surface area contributed by atoms with E-state index in [0.29, 0.717) is 28.5 Å². The molecule has 3 heterocycles. The number of hydrogen-bond donors (Lipinski definition) is 1. The standard InChI is InChI=1S/C34H35BClFN2O5/c1-17-14-23(32-24(15-17)30(41)18(2)31(42-32)20-8-9-20)19(3)38-25-12-13-26(36)39-29(25)22-11-10-21(16-40)27(28(22)37)35-43-33(4,5)34(6,7)44-35/h10-16,19-20,38H,8-9H2,1-7H3. The van der Waals surface area contributed by atoms with E-state index in [1.54, 1.807) is 12.1 Å². The van der Waals surface area contributed by atoms with Crippen LogP contribution in [0.2, 0.25) is 5.15 Å². The van der Waals surface area contributed by atoms with E-state index in [1.807, 2.05) is 60.6 Å². The molecule has 0 radical (unpaired) electrons. The van der Waals surface area contributed by atoms with Gasteiger partial charge in [0.1, 0.15) is 28.6 Å². The van der Waals surface area contributed by atoms with Gasteiger partial charge in [0.2, 0.25) is 0 Å². The lowest BCUT2D eigenvalue weighted by Gasteiger charge is -2.32. The molecule has 228 valence electrons. The van der Waals surface area contributed by atoms with Gasteiger partial charge in [0.05, 0.1) is 34.0 Å². The third-order valence-electron chi connectivity index (χ3n) is 9.16. The third-order valence-corrected chi connectivity index (χ3v) is 9.37. The van der Waals surface area contributed by atoms with Crippen LogP contribution in [0.3, 0.4) is 0 Å². The Morgan fingerprint density at radius 2 is 1.77 bits per heavy atom. The molecule has 1 aliphatic carbocycles. The number of nitrogens with zero attached hydrogens (tertiary/aromatic N) is 1. The molecule has 1 saturated heterocycles. The van der Waals surface area contributed by atoms with E-state index in [-0.39, 0.29) is 44.8 Å². The van der Waals surface area contributed by atoms with Crippen LogP contribution < -0.4 is 16.2 Å². The van der Waals surface area contributed by atoms with E-state index in [0.717, 1.165) is 29.7 Å². The van der Waals surface area contributed by atoms with E-state index >= 15 is 4.39 Å². The quantitative estimate of drug-likeness (QED) is 0.131. The molecule has 1 unspecified atom stereocenters. The second-order valence-corrected chi connectivity index (χ2v) is 13.3. The molecule has 44 heavy (non-hydrogen) atoms. The van der Waals surface area contributed by atoms with E-state index in [9.17, 15) is 9.59 Å². The molecule has 1 aliphatic heterocycles. The molecule has 1 saturated carbocycles. The normalized spacial score (nSPS) is 18.1. The molecule has 6 rings (SSSR count). The number of carbonyl (C=O) groups excluding carboxylic acids is 1. The number of fused-ring (bicyclic) bond motifs is 1. The topological polar surface area (TPSA) is 90.7 Å². The summed E-state index contributed by atoms with van der Waals surface area (Å²) in [6, 6.07) is 9.88. The van der Waals surface area contributed by atoms with Gasteiger partial charge in [-0.3, -0.25) is 9.59 Å². The van der Waals surface area contributed by atoms with Gasteiger partial charge in [-0.1, -0.05) is 23.7 Å². The maximum Gasteiger partial charge on any atom is 0.498 e. The molecule has 2 aliphatic rings. The van der Waals surface area contributed by atoms with Crippen LogP contribution in [-0.2, 0) is 9.31 Å². The molecule has 2 aromatic carbocycles. The molecule has 2 fully saturated rings. The Balaban J connectivity index is 1.44. The number of pyridine rings is 1. The minimum Gasteiger partial charge on any atom is -0.460 e. The molecule has 2 aromatic heterocycles. The van der Waals surface area contributed by atoms with Crippen molar-refractivity contribution >= 4 is 47.1 Å². The lowest BCUT2D eigenvalue weighted by Crippen LogP contribution is -2.41. The minimum atomic E-state index is -1.10. The Hall–Kier alpha value is -3.53. The first kappa shape index (κ1) is 30.5. The molecule has 1 N–H and O–H groups in total. The first-order chi connectivity index (χ1) is 20.7. The van der Waals surface area contributed by atoms with Gasteiger partial charge in [0.25, 0.3) is 0 Å². The van der Waals surface area contributed by atoms with Crippen molar-refractivity contribution in [3.05, 3.63) is 85.6 Å². The maximum absolute atomic E-state index is 16.5. The van der Waals surface area contributed by atoms with Gasteiger partial charge in [-0.15, -0.1) is 0 Å². The van der Waals surface area contributed by atoms with Crippen molar-refractivity contribution < 1.29 is 22.9 Å². The van der Waals surface area contributed by atoms with Crippen LogP contribution in [-0.4, -0.2) is 29.6 Å². The molecular weight excluding hydrogens is 582 g/mol. The first-order valence-corrected chi connectivity index (χ1v) is 15.2. The maximum atomic E-state index is 16.5. The van der Waals surface area contributed by atoms with Gasteiger partial charge in [-0.05, 0) is 91.1 Å². The number of rotatable bonds is 7. The van der Waals surface area contributed by atoms with E-state index in [1.165, 1.54) is 12.1 Å². The van der Waals surface area contributed by atoms with Crippen LogP contribution in [0.25, 0.3) is 22.2 Å². The Morgan fingerprint density at radius 1 is 1.09 bits per heavy atom. The molecule has 10 heteroatoms. The molecular formula is C34H35BClFN2O5. The van der Waals surface area contributed by atoms with Crippen molar-refractivity contribution in [2.75, 3.05) is 5.32 Å². The second kappa shape index (κ2) is 10.8. The summed E-state index contributed by atoms with van der Waals surface area (Å²) in [7, 11) is -1.10. The molecule has 4 aromatic rings. The van der Waals surface area contributed by atoms with Crippen LogP contribution in [0.5, 0.6) is 0 Å². The van der Waals surface area contributed by atoms with E-state index < -0.39 is 24.1 Å². The number of nitrogens with one attached hydrogen (secondary N) is 1. The van der Waals surface area contributed by atoms with Crippen LogP contribution in [0.4, 0.5) is 10.1 Å². The van der Waals surface area contributed by atoms with Crippen molar-refractivity contribution in [2.45, 2.75) is 84.5 Å². The zero-order valence-electron chi connectivity index (χ0n) is 25.9. The summed E-state index contributed by atoms with van der Waals surface area (Å²) < 4.78 is 35.2. The van der Waals surface area contributed by atoms with Crippen LogP contribution in [0.1, 0.15) is 92.2 Å². The zero-order valence-corrected chi connectivity index (χ0v) is 26.7. The Kier molecular flexibility index (Phi) is 7.50. The van der Waals surface area contributed by atoms with Crippen molar-refractivity contribution in [3.63, 3.8) is 0 Å². The van der Waals surface area contributed by atoms with Crippen molar-refractivity contribution in [1.82, 2.24) is 4.98 Å². The summed E-state index contributed by atoms with van der Waals surface area (Å²) in [5.41, 5.74) is 2.45. The van der Waals surface area contributed by atoms with Gasteiger partial charge in [-0.25, -0.2) is 9.37 Å². The molecule has 0 bridgehead atoms. The zero-order chi connectivity index (χ0) is 31.7. The second-order valence-electron chi connectivity index (χ2n) is 13.0. The highest BCUT2D eigenvalue weighted by molar-refractivity contribution is 6.63. The highest BCUT2D eigenvalue weighted by Gasteiger charge is 2.53. The van der Waals surface area contributed by atoms with Crippen molar-refractivity contribution in [3.8, 4) is 11.3 Å². The lowest BCUT2D eigenvalue weighted by molar-refractivity contribution is 0.00578. The number of aromatic nitrogens is 1. The average Bonchev–Trinajstić information content (AvgIpc) is 3.77. The summed E-state index contributed by atoms with van der Waals surface area (Å²) in [5, 5.41) is 4.17. The lowest BCUT2D eigenvalue weighted by atomic mass is 9.74. The number of anilines is 1. The minimum absolute atomic E-state index is 0.00588. The van der Waals surface area contributed by atoms with E-state index in [4.69, 9.17) is 25.3 Å². The predicted octanol–water partition coefficient (Wildman–Crippen LogP) is 7.43. The highest BCUT2D eigenvalue weighted by atomic mass is 35.5. The molecule has 0 spiro atoms. The fourth-order valence-corrected chi connectivity index (χ4v) is 5.95. The fourth-order valence-electron chi connectivity index (χ4n) is 5.80. The molecule has 0 amide bonds. The van der Waals surface area contributed by atoms with E-state index in [2.05, 4.69) is 10.3 Å². The SMILES string of the molecule is Cc1cc(C(C)Nc2ccc(Cl)nc2-c2ccc(C=O)c(B3OC(C)(C)C(C)(C)O3)c2F)c2oc(C3CC3)c(C)c(=O)c2c1. The Labute approximate surface area is 261 Å². The average molecular weight is 617 g/mol. The molecule has 7 nitrogen and oxygen atoms in total. The summed E-state index contributed by atoms with van der Waals surface area (Å²) in [4.78, 5) is 29.9. The fraction of sp³-hybridized carbons (Fsp3) is 0.382. The monoisotopic (exact) mass is 616 g/mol. The number of hydrogen-bond acceptors (Lipinski definition) is 7. The number of aryl methyl sites for hydroxylation is 1. The smallest absolute Gasteiger partial charge is 0.460 e. The number of benzene rings is 2. The first-order valence-electron chi connectivity index (χ1n) is 14.9. The van der Waals surface area contributed by atoms with Crippen LogP contribution >= 0.6 is 11.6 Å². The third kappa shape index (κ3) is 5.15. The number of aldehydes is 1. The molecule has 1 atom stereocenters. The summed E-state index contributed by atoms with van der Waals surface area (Å²) in [6.45, 7) is 13.2. The highest BCUT2D eigenvalue weighted by Crippen LogP contribution is 2.43. The Morgan fingerprint density at radius 3 is 2.41 bits per heavy atom. The van der Waals surface area contributed by atoms with Crippen LogP contribution in [0.15, 0.2) is 45.6 Å². The van der Waals surface area contributed by atoms with Crippen molar-refractivity contribution in [1.29, 1.82) is 0 Å². The number of carbonyl (C=O) groups is 1. The van der Waals surface area contributed by atoms with Gasteiger partial charge in [-0.2, -0.15) is 0 Å². The summed E-state index contributed by atoms with van der Waals surface area (Å²) >= 11 is 6.34. The summed E-state index contributed by atoms with van der Waals surface area (Å²) in [5.74, 6) is 0.336. The number of halogens is 2.